The van der Waals surface area contributed by atoms with Gasteiger partial charge in [-0.2, -0.15) is 0 Å². The lowest BCUT2D eigenvalue weighted by atomic mass is 9.87. The van der Waals surface area contributed by atoms with Gasteiger partial charge < -0.3 is 41.7 Å². The fourth-order valence-electron chi connectivity index (χ4n) is 8.30. The van der Waals surface area contributed by atoms with E-state index in [4.69, 9.17) is 0 Å². The van der Waals surface area contributed by atoms with Crippen LogP contribution in [-0.2, 0) is 41.6 Å². The number of likely N-dealkylation sites (N-methyl/N-ethyl adjacent to an activating group) is 2. The van der Waals surface area contributed by atoms with Crippen molar-refractivity contribution in [1.29, 1.82) is 0 Å². The van der Waals surface area contributed by atoms with Crippen LogP contribution < -0.4 is 31.9 Å². The summed E-state index contributed by atoms with van der Waals surface area (Å²) in [5.41, 5.74) is 4.58. The molecule has 0 saturated carbocycles. The zero-order valence-electron chi connectivity index (χ0n) is 35.1. The first kappa shape index (κ1) is 44.3. The van der Waals surface area contributed by atoms with Crippen molar-refractivity contribution in [1.82, 2.24) is 41.7 Å². The molecule has 14 nitrogen and oxygen atoms in total. The van der Waals surface area contributed by atoms with Gasteiger partial charge in [0, 0.05) is 25.9 Å². The second kappa shape index (κ2) is 21.3. The minimum Gasteiger partial charge on any atom is -0.347 e. The average Bonchev–Trinajstić information content (AvgIpc) is 3.98. The minimum absolute atomic E-state index is 0.0306. The lowest BCUT2D eigenvalue weighted by molar-refractivity contribution is -0.141. The molecule has 2 aromatic rings. The molecule has 2 aliphatic heterocycles. The Balaban J connectivity index is 1.11. The van der Waals surface area contributed by atoms with E-state index >= 15 is 0 Å². The standard InChI is InChI=1S/C47H56N8O6/c1-31(49-3)43(57)53-39(47(61)55-29-15-27-41(55)45(59)52-37-25-13-19-33-17-9-11-21-35(33)37)23-7-5-4-6-22-38(50-42(56)30-48-2)46(60)54-28-14-26-40(54)44(58)51-36-24-12-18-32-16-8-10-20-34(32)36/h8-11,14-17,20-21,26-27,31,36-41,48-49H,12-13,18-19,22-25,28-30H2,1-3H3,(H,50,56)(H,51,58)(H,52,59)(H,53,57)/t31-,36+,37+,38-,39-,40-,41-/m0/s1. The Morgan fingerprint density at radius 2 is 1.16 bits per heavy atom. The predicted molar refractivity (Wildman–Crippen MR) is 231 cm³/mol. The molecule has 0 bridgehead atoms. The molecule has 0 aromatic heterocycles. The van der Waals surface area contributed by atoms with Gasteiger partial charge in [-0.1, -0.05) is 84.7 Å². The lowest BCUT2D eigenvalue weighted by Crippen LogP contribution is -2.55. The molecule has 2 aromatic carbocycles. The molecule has 0 saturated heterocycles. The summed E-state index contributed by atoms with van der Waals surface area (Å²) in [6, 6.07) is 11.3. The van der Waals surface area contributed by atoms with E-state index < -0.39 is 53.8 Å². The Bertz CT molecular complexity index is 2160. The largest absolute Gasteiger partial charge is 0.347 e. The summed E-state index contributed by atoms with van der Waals surface area (Å²) in [5.74, 6) is 8.85. The molecule has 61 heavy (non-hydrogen) atoms. The lowest BCUT2D eigenvalue weighted by Gasteiger charge is -2.31. The predicted octanol–water partition coefficient (Wildman–Crippen LogP) is 1.49. The third kappa shape index (κ3) is 11.1. The first-order chi connectivity index (χ1) is 29.6. The first-order valence-corrected chi connectivity index (χ1v) is 21.2. The Kier molecular flexibility index (Phi) is 15.5. The molecule has 14 heteroatoms. The Hall–Kier alpha value is -6.22. The van der Waals surface area contributed by atoms with Crippen LogP contribution in [0.5, 0.6) is 0 Å². The minimum atomic E-state index is -1.08. The van der Waals surface area contributed by atoms with Gasteiger partial charge in [0.15, 0.2) is 0 Å². The Labute approximate surface area is 358 Å². The molecule has 0 unspecified atom stereocenters. The van der Waals surface area contributed by atoms with Crippen LogP contribution in [0, 0.1) is 23.7 Å². The number of amides is 6. The van der Waals surface area contributed by atoms with E-state index in [9.17, 15) is 28.8 Å². The Morgan fingerprint density at radius 3 is 1.64 bits per heavy atom. The van der Waals surface area contributed by atoms with Gasteiger partial charge in [-0.15, -0.1) is 0 Å². The second-order valence-corrected chi connectivity index (χ2v) is 15.8. The highest BCUT2D eigenvalue weighted by Gasteiger charge is 2.38. The number of hydrogen-bond donors (Lipinski definition) is 6. The SMILES string of the molecule is CNCC(=O)N[C@@H](CC#CC#CC[C@H](NC(=O)[C@H](C)NC)C(=O)N1CC=C[C@H]1C(=O)N[C@@H]1CCCc2ccccc21)C(=O)N1CC=C[C@H]1C(=O)N[C@@H]1CCCc2ccccc21. The van der Waals surface area contributed by atoms with Gasteiger partial charge in [-0.3, -0.25) is 28.8 Å². The van der Waals surface area contributed by atoms with Crippen LogP contribution in [0.15, 0.2) is 72.8 Å². The van der Waals surface area contributed by atoms with Crippen LogP contribution in [0.1, 0.15) is 79.8 Å². The van der Waals surface area contributed by atoms with Crippen LogP contribution in [0.25, 0.3) is 0 Å². The quantitative estimate of drug-likeness (QED) is 0.123. The summed E-state index contributed by atoms with van der Waals surface area (Å²) in [5, 5.41) is 17.5. The molecule has 4 aliphatic rings. The number of benzene rings is 2. The van der Waals surface area contributed by atoms with Gasteiger partial charge in [0.05, 0.1) is 24.7 Å². The van der Waals surface area contributed by atoms with Gasteiger partial charge in [-0.25, -0.2) is 0 Å². The molecule has 0 radical (unpaired) electrons. The fourth-order valence-corrected chi connectivity index (χ4v) is 8.30. The molecule has 0 fully saturated rings. The van der Waals surface area contributed by atoms with E-state index in [0.717, 1.165) is 49.7 Å². The van der Waals surface area contributed by atoms with Gasteiger partial charge in [0.1, 0.15) is 24.2 Å². The average molecular weight is 829 g/mol. The summed E-state index contributed by atoms with van der Waals surface area (Å²) in [6.07, 6.45) is 12.1. The maximum Gasteiger partial charge on any atom is 0.247 e. The van der Waals surface area contributed by atoms with Crippen LogP contribution in [0.2, 0.25) is 0 Å². The topological polar surface area (TPSA) is 181 Å². The summed E-state index contributed by atoms with van der Waals surface area (Å²) < 4.78 is 0. The molecule has 0 spiro atoms. The summed E-state index contributed by atoms with van der Waals surface area (Å²) in [6.45, 7) is 2.02. The zero-order chi connectivity index (χ0) is 43.3. The van der Waals surface area contributed by atoms with E-state index in [-0.39, 0.29) is 56.4 Å². The van der Waals surface area contributed by atoms with Gasteiger partial charge in [0.25, 0.3) is 0 Å². The van der Waals surface area contributed by atoms with E-state index in [1.807, 2.05) is 36.4 Å². The van der Waals surface area contributed by atoms with E-state index in [0.29, 0.717) is 0 Å². The molecule has 2 aliphatic carbocycles. The highest BCUT2D eigenvalue weighted by Crippen LogP contribution is 2.31. The Morgan fingerprint density at radius 1 is 0.689 bits per heavy atom. The van der Waals surface area contributed by atoms with E-state index in [2.05, 4.69) is 67.7 Å². The number of aryl methyl sites for hydroxylation is 2. The number of fused-ring (bicyclic) bond motifs is 2. The van der Waals surface area contributed by atoms with Crippen molar-refractivity contribution in [2.24, 2.45) is 0 Å². The molecule has 6 rings (SSSR count). The van der Waals surface area contributed by atoms with Crippen molar-refractivity contribution in [3.63, 3.8) is 0 Å². The maximum absolute atomic E-state index is 14.0. The van der Waals surface area contributed by atoms with Crippen molar-refractivity contribution >= 4 is 35.4 Å². The number of carbonyl (C=O) groups is 6. The number of rotatable bonds is 14. The summed E-state index contributed by atoms with van der Waals surface area (Å²) in [7, 11) is 3.25. The smallest absolute Gasteiger partial charge is 0.247 e. The second-order valence-electron chi connectivity index (χ2n) is 15.8. The van der Waals surface area contributed by atoms with Gasteiger partial charge in [0.2, 0.25) is 35.4 Å². The van der Waals surface area contributed by atoms with Crippen molar-refractivity contribution < 1.29 is 28.8 Å². The maximum atomic E-state index is 14.0. The first-order valence-electron chi connectivity index (χ1n) is 21.2. The van der Waals surface area contributed by atoms with E-state index in [1.165, 1.54) is 20.9 Å². The molecule has 6 N–H and O–H groups in total. The number of carbonyl (C=O) groups excluding carboxylic acids is 6. The highest BCUT2D eigenvalue weighted by atomic mass is 16.2. The highest BCUT2D eigenvalue weighted by molar-refractivity contribution is 5.96. The van der Waals surface area contributed by atoms with Gasteiger partial charge >= 0.3 is 0 Å². The molecule has 320 valence electrons. The van der Waals surface area contributed by atoms with Crippen LogP contribution >= 0.6 is 0 Å². The fraction of sp³-hybridized carbons (Fsp3) is 0.447. The van der Waals surface area contributed by atoms with Crippen molar-refractivity contribution in [2.45, 2.75) is 101 Å². The zero-order valence-corrected chi connectivity index (χ0v) is 35.1. The molecular weight excluding hydrogens is 773 g/mol. The van der Waals surface area contributed by atoms with Crippen molar-refractivity contribution in [3.8, 4) is 23.7 Å². The monoisotopic (exact) mass is 828 g/mol. The molecule has 2 heterocycles. The van der Waals surface area contributed by atoms with Crippen LogP contribution in [0.4, 0.5) is 0 Å². The summed E-state index contributed by atoms with van der Waals surface area (Å²) in [4.78, 5) is 83.9. The third-order valence-corrected chi connectivity index (χ3v) is 11.7. The van der Waals surface area contributed by atoms with E-state index in [1.54, 1.807) is 45.3 Å². The van der Waals surface area contributed by atoms with Gasteiger partial charge in [-0.05, 0) is 93.6 Å². The van der Waals surface area contributed by atoms with Crippen LogP contribution in [-0.4, -0.2) is 109 Å². The van der Waals surface area contributed by atoms with Crippen molar-refractivity contribution in [3.05, 3.63) is 95.1 Å². The normalized spacial score (nSPS) is 21.2. The molecule has 7 atom stereocenters. The molecular formula is C47H56N8O6. The van der Waals surface area contributed by atoms with Crippen LogP contribution in [0.3, 0.4) is 0 Å². The number of nitrogens with one attached hydrogen (secondary N) is 6. The number of hydrogen-bond acceptors (Lipinski definition) is 8. The number of nitrogens with zero attached hydrogens (tertiary/aromatic N) is 2. The third-order valence-electron chi connectivity index (χ3n) is 11.7. The summed E-state index contributed by atoms with van der Waals surface area (Å²) >= 11 is 0. The van der Waals surface area contributed by atoms with Crippen molar-refractivity contribution in [2.75, 3.05) is 33.7 Å². The molecule has 6 amide bonds.